The van der Waals surface area contributed by atoms with Gasteiger partial charge in [-0.2, -0.15) is 0 Å². The summed E-state index contributed by atoms with van der Waals surface area (Å²) in [4.78, 5) is 26.1. The number of benzene rings is 1. The average Bonchev–Trinajstić information content (AvgIpc) is 2.58. The summed E-state index contributed by atoms with van der Waals surface area (Å²) in [5.74, 6) is -0.222. The van der Waals surface area contributed by atoms with E-state index in [1.807, 2.05) is 0 Å². The Morgan fingerprint density at radius 1 is 1.17 bits per heavy atom. The molecule has 1 aromatic carbocycles. The van der Waals surface area contributed by atoms with Gasteiger partial charge in [0.2, 0.25) is 5.91 Å². The molecular formula is C19H26NO3S+. The third-order valence-electron chi connectivity index (χ3n) is 5.08. The zero-order chi connectivity index (χ0) is 17.5. The lowest BCUT2D eigenvalue weighted by Gasteiger charge is -2.28. The minimum absolute atomic E-state index is 0.0400. The Kier molecular flexibility index (Phi) is 4.65. The molecule has 2 aliphatic heterocycles. The van der Waals surface area contributed by atoms with Crippen molar-refractivity contribution in [1.82, 2.24) is 4.90 Å². The number of imide groups is 1. The maximum absolute atomic E-state index is 12.3. The molecule has 2 heterocycles. The summed E-state index contributed by atoms with van der Waals surface area (Å²) in [5, 5.41) is 9.91. The van der Waals surface area contributed by atoms with Crippen LogP contribution in [0.3, 0.4) is 0 Å². The molecule has 3 rings (SSSR count). The smallest absolute Gasteiger partial charge is 0.414 e. The highest BCUT2D eigenvalue weighted by Gasteiger charge is 2.49. The number of carbonyl (C=O) groups excluding carboxylic acids is 1. The van der Waals surface area contributed by atoms with Gasteiger partial charge in [0.05, 0.1) is 13.0 Å². The summed E-state index contributed by atoms with van der Waals surface area (Å²) in [6.07, 6.45) is 2.41. The van der Waals surface area contributed by atoms with Crippen molar-refractivity contribution >= 4 is 22.9 Å². The Hall–Kier alpha value is -1.49. The normalized spacial score (nSPS) is 27.7. The van der Waals surface area contributed by atoms with Gasteiger partial charge in [-0.3, -0.25) is 4.79 Å². The third-order valence-corrected chi connectivity index (χ3v) is 8.12. The topological polar surface area (TPSA) is 57.6 Å². The van der Waals surface area contributed by atoms with E-state index < -0.39 is 6.09 Å². The monoisotopic (exact) mass is 348 g/mol. The Morgan fingerprint density at radius 2 is 1.79 bits per heavy atom. The summed E-state index contributed by atoms with van der Waals surface area (Å²) >= 11 is 0. The van der Waals surface area contributed by atoms with Gasteiger partial charge in [0.15, 0.2) is 4.90 Å². The van der Waals surface area contributed by atoms with E-state index in [4.69, 9.17) is 0 Å². The molecule has 2 saturated heterocycles. The van der Waals surface area contributed by atoms with Crippen LogP contribution in [0.15, 0.2) is 29.2 Å². The number of fused-ring (bicyclic) bond motifs is 2. The van der Waals surface area contributed by atoms with Crippen LogP contribution < -0.4 is 0 Å². The second kappa shape index (κ2) is 6.43. The molecule has 130 valence electrons. The molecule has 0 saturated carbocycles. The van der Waals surface area contributed by atoms with Crippen LogP contribution in [0.5, 0.6) is 0 Å². The molecule has 3 atom stereocenters. The molecule has 0 radical (unpaired) electrons. The van der Waals surface area contributed by atoms with Crippen LogP contribution in [0.25, 0.3) is 0 Å². The molecule has 3 unspecified atom stereocenters. The van der Waals surface area contributed by atoms with Gasteiger partial charge in [-0.05, 0) is 42.4 Å². The van der Waals surface area contributed by atoms with E-state index in [9.17, 15) is 14.7 Å². The molecule has 24 heavy (non-hydrogen) atoms. The van der Waals surface area contributed by atoms with Crippen molar-refractivity contribution in [3.8, 4) is 0 Å². The molecule has 1 aromatic rings. The SMILES string of the molecule is CC(C)(C)c1ccc([S+]2C3CCCC2CN(C(=O)O)C(=O)C3)cc1. The highest BCUT2D eigenvalue weighted by Crippen LogP contribution is 2.39. The molecule has 0 aromatic heterocycles. The maximum Gasteiger partial charge on any atom is 0.414 e. The van der Waals surface area contributed by atoms with Crippen LogP contribution in [-0.4, -0.2) is 39.1 Å². The zero-order valence-corrected chi connectivity index (χ0v) is 15.4. The van der Waals surface area contributed by atoms with Crippen molar-refractivity contribution in [3.05, 3.63) is 29.8 Å². The average molecular weight is 348 g/mol. The lowest BCUT2D eigenvalue weighted by Crippen LogP contribution is -2.41. The molecular weight excluding hydrogens is 322 g/mol. The van der Waals surface area contributed by atoms with Crippen molar-refractivity contribution in [1.29, 1.82) is 0 Å². The minimum Gasteiger partial charge on any atom is -0.465 e. The Morgan fingerprint density at radius 3 is 2.38 bits per heavy atom. The van der Waals surface area contributed by atoms with Crippen LogP contribution in [0.1, 0.15) is 52.0 Å². The largest absolute Gasteiger partial charge is 0.465 e. The highest BCUT2D eigenvalue weighted by atomic mass is 32.2. The molecule has 1 N–H and O–H groups in total. The lowest BCUT2D eigenvalue weighted by molar-refractivity contribution is -0.128. The number of carbonyl (C=O) groups is 2. The van der Waals surface area contributed by atoms with Crippen molar-refractivity contribution < 1.29 is 14.7 Å². The van der Waals surface area contributed by atoms with Crippen LogP contribution in [-0.2, 0) is 21.1 Å². The molecule has 2 amide bonds. The van der Waals surface area contributed by atoms with E-state index in [1.54, 1.807) is 0 Å². The van der Waals surface area contributed by atoms with E-state index in [0.717, 1.165) is 24.2 Å². The predicted molar refractivity (Wildman–Crippen MR) is 96.6 cm³/mol. The fourth-order valence-corrected chi connectivity index (χ4v) is 6.99. The molecule has 4 nitrogen and oxygen atoms in total. The van der Waals surface area contributed by atoms with E-state index in [0.29, 0.717) is 18.2 Å². The molecule has 2 bridgehead atoms. The number of hydrogen-bond acceptors (Lipinski definition) is 2. The van der Waals surface area contributed by atoms with Gasteiger partial charge in [-0.25, -0.2) is 9.69 Å². The van der Waals surface area contributed by atoms with E-state index in [2.05, 4.69) is 45.0 Å². The molecule has 2 aliphatic rings. The third kappa shape index (κ3) is 3.32. The Balaban J connectivity index is 1.92. The number of nitrogens with zero attached hydrogens (tertiary/aromatic N) is 1. The second-order valence-electron chi connectivity index (χ2n) is 7.81. The van der Waals surface area contributed by atoms with Gasteiger partial charge < -0.3 is 5.11 Å². The zero-order valence-electron chi connectivity index (χ0n) is 14.6. The summed E-state index contributed by atoms with van der Waals surface area (Å²) in [6.45, 7) is 6.96. The summed E-state index contributed by atoms with van der Waals surface area (Å²) in [5.41, 5.74) is 1.43. The first kappa shape index (κ1) is 17.3. The van der Waals surface area contributed by atoms with Gasteiger partial charge >= 0.3 is 6.09 Å². The van der Waals surface area contributed by atoms with Gasteiger partial charge in [0.1, 0.15) is 10.5 Å². The fourth-order valence-electron chi connectivity index (χ4n) is 3.75. The highest BCUT2D eigenvalue weighted by molar-refractivity contribution is 7.98. The first-order valence-corrected chi connectivity index (χ1v) is 9.98. The predicted octanol–water partition coefficient (Wildman–Crippen LogP) is 3.79. The number of rotatable bonds is 1. The number of amides is 2. The molecule has 5 heteroatoms. The van der Waals surface area contributed by atoms with E-state index in [-0.39, 0.29) is 27.5 Å². The van der Waals surface area contributed by atoms with Gasteiger partial charge in [0.25, 0.3) is 0 Å². The van der Waals surface area contributed by atoms with Crippen LogP contribution in [0, 0.1) is 0 Å². The summed E-state index contributed by atoms with van der Waals surface area (Å²) < 4.78 is 0. The van der Waals surface area contributed by atoms with Gasteiger partial charge in [-0.1, -0.05) is 32.9 Å². The first-order valence-electron chi connectivity index (χ1n) is 8.63. The van der Waals surface area contributed by atoms with E-state index in [1.165, 1.54) is 10.5 Å². The van der Waals surface area contributed by atoms with Gasteiger partial charge in [-0.15, -0.1) is 0 Å². The molecule has 0 aliphatic carbocycles. The van der Waals surface area contributed by atoms with Crippen LogP contribution in [0.4, 0.5) is 4.79 Å². The fraction of sp³-hybridized carbons (Fsp3) is 0.579. The maximum atomic E-state index is 12.3. The molecule has 0 spiro atoms. The summed E-state index contributed by atoms with van der Waals surface area (Å²) in [6, 6.07) is 8.80. The minimum atomic E-state index is -1.10. The van der Waals surface area contributed by atoms with Crippen LogP contribution >= 0.6 is 0 Å². The summed E-state index contributed by atoms with van der Waals surface area (Å²) in [7, 11) is -0.0400. The van der Waals surface area contributed by atoms with Crippen molar-refractivity contribution in [2.45, 2.75) is 67.3 Å². The van der Waals surface area contributed by atoms with Crippen molar-refractivity contribution in [3.63, 3.8) is 0 Å². The van der Waals surface area contributed by atoms with Crippen molar-refractivity contribution in [2.24, 2.45) is 0 Å². The van der Waals surface area contributed by atoms with Crippen molar-refractivity contribution in [2.75, 3.05) is 6.54 Å². The van der Waals surface area contributed by atoms with E-state index >= 15 is 0 Å². The standard InChI is InChI=1S/C19H25NO3S/c1-19(2,3)13-7-9-14(10-8-13)24-15-5-4-6-16(24)12-20(18(22)23)17(21)11-15/h7-10,15-16H,4-6,11-12H2,1-3H3/p+1. The first-order chi connectivity index (χ1) is 11.3. The van der Waals surface area contributed by atoms with Gasteiger partial charge in [0, 0.05) is 10.9 Å². The number of carboxylic acid groups (broad SMARTS) is 1. The molecule has 2 fully saturated rings. The Bertz CT molecular complexity index is 635. The number of hydrogen-bond donors (Lipinski definition) is 1. The quantitative estimate of drug-likeness (QED) is 0.786. The second-order valence-corrected chi connectivity index (χ2v) is 10.4. The lowest BCUT2D eigenvalue weighted by atomic mass is 9.87. The Labute approximate surface area is 146 Å². The van der Waals surface area contributed by atoms with Crippen LogP contribution in [0.2, 0.25) is 0 Å².